The van der Waals surface area contributed by atoms with E-state index in [-0.39, 0.29) is 35.4 Å². The molecule has 6 nitrogen and oxygen atoms in total. The van der Waals surface area contributed by atoms with Gasteiger partial charge in [0.05, 0.1) is 30.2 Å². The van der Waals surface area contributed by atoms with E-state index in [9.17, 15) is 25.2 Å². The average Bonchev–Trinajstić information content (AvgIpc) is 2.99. The van der Waals surface area contributed by atoms with Crippen LogP contribution in [0.4, 0.5) is 0 Å². The molecule has 30 heavy (non-hydrogen) atoms. The molecule has 166 valence electrons. The Morgan fingerprint density at radius 3 is 2.50 bits per heavy atom. The van der Waals surface area contributed by atoms with Crippen LogP contribution in [0.5, 0.6) is 0 Å². The molecule has 0 aromatic carbocycles. The van der Waals surface area contributed by atoms with E-state index in [1.54, 1.807) is 6.26 Å². The molecule has 4 N–H and O–H groups in total. The van der Waals surface area contributed by atoms with Gasteiger partial charge in [0.15, 0.2) is 0 Å². The summed E-state index contributed by atoms with van der Waals surface area (Å²) in [5.74, 6) is 0.172. The number of fused-ring (bicyclic) bond motifs is 5. The smallest absolute Gasteiger partial charge is 0.335 e. The zero-order valence-electron chi connectivity index (χ0n) is 17.7. The van der Waals surface area contributed by atoms with Gasteiger partial charge in [-0.2, -0.15) is 0 Å². The van der Waals surface area contributed by atoms with E-state index in [1.165, 1.54) is 6.07 Å². The summed E-state index contributed by atoms with van der Waals surface area (Å²) in [5.41, 5.74) is -2.33. The second-order valence-electron chi connectivity index (χ2n) is 10.9. The van der Waals surface area contributed by atoms with Crippen LogP contribution in [0.2, 0.25) is 0 Å². The van der Waals surface area contributed by atoms with Gasteiger partial charge in [0, 0.05) is 23.3 Å². The van der Waals surface area contributed by atoms with E-state index in [1.807, 2.05) is 6.07 Å². The van der Waals surface area contributed by atoms with Gasteiger partial charge >= 0.3 is 5.63 Å². The first-order valence-electron chi connectivity index (χ1n) is 11.5. The highest BCUT2D eigenvalue weighted by Crippen LogP contribution is 2.71. The van der Waals surface area contributed by atoms with Crippen molar-refractivity contribution < 1.29 is 24.8 Å². The number of aliphatic hydroxyl groups is 4. The summed E-state index contributed by atoms with van der Waals surface area (Å²) in [7, 11) is 0. The molecule has 0 unspecified atom stereocenters. The van der Waals surface area contributed by atoms with Crippen molar-refractivity contribution in [3.63, 3.8) is 0 Å². The van der Waals surface area contributed by atoms with Crippen molar-refractivity contribution in [3.8, 4) is 0 Å². The van der Waals surface area contributed by atoms with Crippen molar-refractivity contribution >= 4 is 0 Å². The fraction of sp³-hybridized carbons (Fsp3) is 0.792. The number of rotatable bonds is 2. The Morgan fingerprint density at radius 2 is 1.80 bits per heavy atom. The fourth-order valence-corrected chi connectivity index (χ4v) is 8.43. The lowest BCUT2D eigenvalue weighted by molar-refractivity contribution is -0.268. The summed E-state index contributed by atoms with van der Waals surface area (Å²) in [5, 5.41) is 44.5. The summed E-state index contributed by atoms with van der Waals surface area (Å²) in [6.07, 6.45) is 6.90. The molecule has 0 radical (unpaired) electrons. The third-order valence-electron chi connectivity index (χ3n) is 10.1. The average molecular weight is 419 g/mol. The summed E-state index contributed by atoms with van der Waals surface area (Å²) in [6, 6.07) is 3.29. The second-order valence-corrected chi connectivity index (χ2v) is 10.9. The van der Waals surface area contributed by atoms with Crippen molar-refractivity contribution in [1.29, 1.82) is 0 Å². The van der Waals surface area contributed by atoms with E-state index < -0.39 is 22.7 Å². The molecule has 1 aromatic rings. The molecule has 1 heterocycles. The Balaban J connectivity index is 1.52. The molecule has 4 fully saturated rings. The normalized spacial score (nSPS) is 50.4. The Hall–Kier alpha value is -1.21. The number of aliphatic hydroxyl groups excluding tert-OH is 2. The van der Waals surface area contributed by atoms with Crippen molar-refractivity contribution in [1.82, 2.24) is 0 Å². The minimum absolute atomic E-state index is 0.0136. The molecule has 0 amide bonds. The van der Waals surface area contributed by atoms with E-state index >= 15 is 0 Å². The second kappa shape index (κ2) is 6.64. The maximum absolute atomic E-state index is 12.2. The molecule has 0 aliphatic heterocycles. The van der Waals surface area contributed by atoms with Crippen LogP contribution in [0.1, 0.15) is 76.2 Å². The topological polar surface area (TPSA) is 111 Å². The quantitative estimate of drug-likeness (QED) is 0.587. The molecule has 0 saturated heterocycles. The molecular formula is C24H34O6. The van der Waals surface area contributed by atoms with Gasteiger partial charge in [-0.3, -0.25) is 0 Å². The highest BCUT2D eigenvalue weighted by atomic mass is 16.4. The van der Waals surface area contributed by atoms with Crippen LogP contribution in [0, 0.1) is 22.7 Å². The Morgan fingerprint density at radius 1 is 1.03 bits per heavy atom. The Labute approximate surface area is 176 Å². The summed E-state index contributed by atoms with van der Waals surface area (Å²) in [6.45, 7) is 2.07. The maximum atomic E-state index is 12.2. The van der Waals surface area contributed by atoms with Gasteiger partial charge in [-0.1, -0.05) is 6.92 Å². The van der Waals surface area contributed by atoms with Crippen molar-refractivity contribution in [3.05, 3.63) is 34.4 Å². The SMILES string of the molecule is C[C@]12CC[C@H]3[C@@H](CC[C@]4(O)C[C@@H](O)CC[C@]34CO)[C@@]1(O)CC[C@@H]2c1ccc(=O)oc1. The third-order valence-corrected chi connectivity index (χ3v) is 10.1. The Kier molecular flexibility index (Phi) is 4.58. The van der Waals surface area contributed by atoms with E-state index in [0.29, 0.717) is 38.5 Å². The molecule has 4 saturated carbocycles. The highest BCUT2D eigenvalue weighted by Gasteiger charge is 2.70. The van der Waals surface area contributed by atoms with Crippen molar-refractivity contribution in [2.24, 2.45) is 22.7 Å². The van der Waals surface area contributed by atoms with Crippen LogP contribution in [0.25, 0.3) is 0 Å². The summed E-state index contributed by atoms with van der Waals surface area (Å²) < 4.78 is 5.14. The molecular weight excluding hydrogens is 384 g/mol. The van der Waals surface area contributed by atoms with Gasteiger partial charge in [0.1, 0.15) is 0 Å². The Bertz CT molecular complexity index is 862. The summed E-state index contributed by atoms with van der Waals surface area (Å²) in [4.78, 5) is 11.4. The first-order valence-corrected chi connectivity index (χ1v) is 11.5. The monoisotopic (exact) mass is 418 g/mol. The first kappa shape index (κ1) is 20.7. The minimum atomic E-state index is -1.06. The zero-order chi connectivity index (χ0) is 21.4. The van der Waals surface area contributed by atoms with Crippen LogP contribution in [-0.4, -0.2) is 44.3 Å². The molecule has 4 aliphatic rings. The van der Waals surface area contributed by atoms with Crippen LogP contribution >= 0.6 is 0 Å². The van der Waals surface area contributed by atoms with Crippen molar-refractivity contribution in [2.45, 2.75) is 87.9 Å². The predicted octanol–water partition coefficient (Wildman–Crippen LogP) is 2.33. The zero-order valence-corrected chi connectivity index (χ0v) is 17.7. The molecule has 0 spiro atoms. The molecule has 1 aromatic heterocycles. The lowest BCUT2D eigenvalue weighted by Gasteiger charge is -2.66. The fourth-order valence-electron chi connectivity index (χ4n) is 8.43. The van der Waals surface area contributed by atoms with E-state index in [4.69, 9.17) is 4.42 Å². The molecule has 4 aliphatic carbocycles. The van der Waals surface area contributed by atoms with Gasteiger partial charge in [0.2, 0.25) is 0 Å². The third kappa shape index (κ3) is 2.48. The lowest BCUT2D eigenvalue weighted by Crippen LogP contribution is -2.69. The van der Waals surface area contributed by atoms with E-state index in [2.05, 4.69) is 6.92 Å². The van der Waals surface area contributed by atoms with Crippen LogP contribution < -0.4 is 5.63 Å². The first-order chi connectivity index (χ1) is 14.2. The molecule has 0 bridgehead atoms. The van der Waals surface area contributed by atoms with Gasteiger partial charge < -0.3 is 24.8 Å². The van der Waals surface area contributed by atoms with Crippen LogP contribution in [-0.2, 0) is 0 Å². The standard InChI is InChI=1S/C24H34O6/c1-21-8-5-18-19(6-10-23(28)12-16(26)4-9-22(18,23)14-25)24(21,29)11-7-17(21)15-2-3-20(27)30-13-15/h2-3,13,16-19,25-26,28-29H,4-12,14H2,1H3/t16-,17+,18-,19+,21+,22-,23-,24-/m0/s1. The minimum Gasteiger partial charge on any atom is -0.431 e. The molecule has 8 atom stereocenters. The highest BCUT2D eigenvalue weighted by molar-refractivity contribution is 5.28. The van der Waals surface area contributed by atoms with Crippen LogP contribution in [0.15, 0.2) is 27.6 Å². The maximum Gasteiger partial charge on any atom is 0.335 e. The van der Waals surface area contributed by atoms with Crippen molar-refractivity contribution in [2.75, 3.05) is 6.61 Å². The molecule has 6 heteroatoms. The number of hydrogen-bond acceptors (Lipinski definition) is 6. The largest absolute Gasteiger partial charge is 0.431 e. The number of hydrogen-bond donors (Lipinski definition) is 4. The van der Waals surface area contributed by atoms with Crippen LogP contribution in [0.3, 0.4) is 0 Å². The lowest BCUT2D eigenvalue weighted by atomic mass is 9.41. The van der Waals surface area contributed by atoms with Gasteiger partial charge in [0.25, 0.3) is 0 Å². The van der Waals surface area contributed by atoms with Gasteiger partial charge in [-0.25, -0.2) is 4.79 Å². The van der Waals surface area contributed by atoms with Gasteiger partial charge in [-0.15, -0.1) is 0 Å². The molecule has 5 rings (SSSR count). The predicted molar refractivity (Wildman–Crippen MR) is 110 cm³/mol. The summed E-state index contributed by atoms with van der Waals surface area (Å²) >= 11 is 0. The van der Waals surface area contributed by atoms with E-state index in [0.717, 1.165) is 24.8 Å². The van der Waals surface area contributed by atoms with Gasteiger partial charge in [-0.05, 0) is 80.8 Å².